The molecule has 1 aromatic rings. The highest BCUT2D eigenvalue weighted by Crippen LogP contribution is 2.36. The predicted octanol–water partition coefficient (Wildman–Crippen LogP) is 4.16. The number of halogens is 3. The van der Waals surface area contributed by atoms with E-state index in [9.17, 15) is 4.79 Å². The van der Waals surface area contributed by atoms with Crippen molar-refractivity contribution in [3.05, 3.63) is 37.7 Å². The van der Waals surface area contributed by atoms with Crippen molar-refractivity contribution in [3.63, 3.8) is 0 Å². The van der Waals surface area contributed by atoms with Crippen LogP contribution in [0.5, 0.6) is 0 Å². The summed E-state index contributed by atoms with van der Waals surface area (Å²) in [5.74, 6) is -0.440. The quantitative estimate of drug-likeness (QED) is 0.425. The number of hydrogen-bond acceptors (Lipinski definition) is 2. The molecule has 0 aliphatic rings. The Morgan fingerprint density at radius 1 is 1.27 bits per heavy atom. The maximum atomic E-state index is 11.3. The molecule has 0 fully saturated rings. The van der Waals surface area contributed by atoms with Gasteiger partial charge in [-0.05, 0) is 53.9 Å². The number of carbonyl (C=O) groups is 1. The number of benzene rings is 1. The summed E-state index contributed by atoms with van der Waals surface area (Å²) in [6, 6.07) is 3.62. The largest absolute Gasteiger partial charge is 0.465 e. The normalized spacial score (nSPS) is 9.87. The molecule has 80 valence electrons. The second-order valence-corrected chi connectivity index (χ2v) is 5.13. The molecule has 1 aromatic carbocycles. The SMILES string of the molecule is C=C(C(=O)OC)c1ccc(Br)c(Br)c1Br. The fourth-order valence-corrected chi connectivity index (χ4v) is 2.52. The maximum absolute atomic E-state index is 11.3. The van der Waals surface area contributed by atoms with Crippen molar-refractivity contribution in [3.8, 4) is 0 Å². The Hall–Kier alpha value is -0.130. The summed E-state index contributed by atoms with van der Waals surface area (Å²) in [4.78, 5) is 11.3. The minimum Gasteiger partial charge on any atom is -0.465 e. The lowest BCUT2D eigenvalue weighted by Crippen LogP contribution is -2.03. The second-order valence-electron chi connectivity index (χ2n) is 2.69. The summed E-state index contributed by atoms with van der Waals surface area (Å²) in [7, 11) is 1.33. The third kappa shape index (κ3) is 2.71. The van der Waals surface area contributed by atoms with E-state index in [4.69, 9.17) is 0 Å². The van der Waals surface area contributed by atoms with E-state index in [1.165, 1.54) is 7.11 Å². The van der Waals surface area contributed by atoms with Gasteiger partial charge >= 0.3 is 5.97 Å². The summed E-state index contributed by atoms with van der Waals surface area (Å²) in [5.41, 5.74) is 1.02. The van der Waals surface area contributed by atoms with Gasteiger partial charge in [-0.15, -0.1) is 0 Å². The minimum absolute atomic E-state index is 0.317. The molecule has 0 aromatic heterocycles. The van der Waals surface area contributed by atoms with Gasteiger partial charge in [-0.1, -0.05) is 12.6 Å². The molecule has 2 nitrogen and oxygen atoms in total. The fraction of sp³-hybridized carbons (Fsp3) is 0.100. The van der Waals surface area contributed by atoms with Crippen LogP contribution in [0.2, 0.25) is 0 Å². The van der Waals surface area contributed by atoms with Crippen LogP contribution in [0.1, 0.15) is 5.56 Å². The van der Waals surface area contributed by atoms with Gasteiger partial charge in [-0.3, -0.25) is 0 Å². The number of ether oxygens (including phenoxy) is 1. The molecule has 0 saturated heterocycles. The van der Waals surface area contributed by atoms with Crippen LogP contribution >= 0.6 is 47.8 Å². The third-order valence-corrected chi connectivity index (χ3v) is 5.16. The topological polar surface area (TPSA) is 26.3 Å². The van der Waals surface area contributed by atoms with Crippen LogP contribution in [0.15, 0.2) is 32.1 Å². The lowest BCUT2D eigenvalue weighted by Gasteiger charge is -2.08. The van der Waals surface area contributed by atoms with Gasteiger partial charge in [-0.25, -0.2) is 4.79 Å². The van der Waals surface area contributed by atoms with Crippen LogP contribution in [0.3, 0.4) is 0 Å². The molecule has 0 saturated carbocycles. The molecule has 0 aliphatic heterocycles. The zero-order valence-electron chi connectivity index (χ0n) is 7.81. The van der Waals surface area contributed by atoms with Crippen molar-refractivity contribution in [1.82, 2.24) is 0 Å². The molecular formula is C10H7Br3O2. The van der Waals surface area contributed by atoms with E-state index in [-0.39, 0.29) is 0 Å². The van der Waals surface area contributed by atoms with Crippen molar-refractivity contribution in [2.24, 2.45) is 0 Å². The highest BCUT2D eigenvalue weighted by Gasteiger charge is 2.15. The van der Waals surface area contributed by atoms with Crippen LogP contribution in [0.25, 0.3) is 5.57 Å². The molecule has 1 rings (SSSR count). The van der Waals surface area contributed by atoms with Gasteiger partial charge in [0.05, 0.1) is 12.7 Å². The highest BCUT2D eigenvalue weighted by molar-refractivity contribution is 9.14. The number of esters is 1. The number of hydrogen-bond donors (Lipinski definition) is 0. The predicted molar refractivity (Wildman–Crippen MR) is 70.6 cm³/mol. The lowest BCUT2D eigenvalue weighted by molar-refractivity contribution is -0.133. The third-order valence-electron chi connectivity index (χ3n) is 1.79. The Kier molecular flexibility index (Phi) is 4.55. The first-order valence-electron chi connectivity index (χ1n) is 3.90. The average molecular weight is 399 g/mol. The molecule has 0 unspecified atom stereocenters. The van der Waals surface area contributed by atoms with Crippen LogP contribution in [-0.4, -0.2) is 13.1 Å². The molecule has 0 amide bonds. The van der Waals surface area contributed by atoms with Crippen molar-refractivity contribution in [1.29, 1.82) is 0 Å². The second kappa shape index (κ2) is 5.27. The molecule has 0 N–H and O–H groups in total. The smallest absolute Gasteiger partial charge is 0.337 e. The summed E-state index contributed by atoms with van der Waals surface area (Å²) >= 11 is 10.1. The molecular weight excluding hydrogens is 392 g/mol. The summed E-state index contributed by atoms with van der Waals surface area (Å²) < 4.78 is 7.11. The molecule has 0 aliphatic carbocycles. The Morgan fingerprint density at radius 2 is 1.87 bits per heavy atom. The number of rotatable bonds is 2. The average Bonchev–Trinajstić information content (AvgIpc) is 2.24. The van der Waals surface area contributed by atoms with E-state index < -0.39 is 5.97 Å². The zero-order valence-corrected chi connectivity index (χ0v) is 12.6. The lowest BCUT2D eigenvalue weighted by atomic mass is 10.1. The standard InChI is InChI=1S/C10H7Br3O2/c1-5(10(14)15-2)6-3-4-7(11)9(13)8(6)12/h3-4H,1H2,2H3. The molecule has 0 bridgehead atoms. The summed E-state index contributed by atoms with van der Waals surface area (Å²) in [6.45, 7) is 3.69. The van der Waals surface area contributed by atoms with Crippen LogP contribution in [0.4, 0.5) is 0 Å². The highest BCUT2D eigenvalue weighted by atomic mass is 79.9. The molecule has 5 heteroatoms. The summed E-state index contributed by atoms with van der Waals surface area (Å²) in [6.07, 6.45) is 0. The molecule has 0 atom stereocenters. The van der Waals surface area contributed by atoms with Crippen LogP contribution < -0.4 is 0 Å². The van der Waals surface area contributed by atoms with Gasteiger partial charge < -0.3 is 4.74 Å². The Bertz CT molecular complexity index is 427. The first-order chi connectivity index (χ1) is 6.99. The van der Waals surface area contributed by atoms with E-state index >= 15 is 0 Å². The van der Waals surface area contributed by atoms with E-state index in [2.05, 4.69) is 59.1 Å². The van der Waals surface area contributed by atoms with Gasteiger partial charge in [-0.2, -0.15) is 0 Å². The van der Waals surface area contributed by atoms with Gasteiger partial charge in [0, 0.05) is 19.0 Å². The van der Waals surface area contributed by atoms with E-state index in [0.29, 0.717) is 11.1 Å². The maximum Gasteiger partial charge on any atom is 0.337 e. The Balaban J connectivity index is 3.22. The van der Waals surface area contributed by atoms with Crippen LogP contribution in [-0.2, 0) is 9.53 Å². The number of carbonyl (C=O) groups excluding carboxylic acids is 1. The molecule has 0 radical (unpaired) electrons. The van der Waals surface area contributed by atoms with Crippen LogP contribution in [0, 0.1) is 0 Å². The van der Waals surface area contributed by atoms with Gasteiger partial charge in [0.15, 0.2) is 0 Å². The Morgan fingerprint density at radius 3 is 2.40 bits per heavy atom. The first-order valence-corrected chi connectivity index (χ1v) is 6.28. The van der Waals surface area contributed by atoms with Crippen molar-refractivity contribution in [2.45, 2.75) is 0 Å². The van der Waals surface area contributed by atoms with E-state index in [1.54, 1.807) is 6.07 Å². The first kappa shape index (κ1) is 12.9. The molecule has 15 heavy (non-hydrogen) atoms. The van der Waals surface area contributed by atoms with Gasteiger partial charge in [0.2, 0.25) is 0 Å². The van der Waals surface area contributed by atoms with Gasteiger partial charge in [0.1, 0.15) is 0 Å². The monoisotopic (exact) mass is 396 g/mol. The van der Waals surface area contributed by atoms with E-state index in [1.807, 2.05) is 6.07 Å². The van der Waals surface area contributed by atoms with E-state index in [0.717, 1.165) is 13.4 Å². The van der Waals surface area contributed by atoms with Crippen molar-refractivity contribution in [2.75, 3.05) is 7.11 Å². The minimum atomic E-state index is -0.440. The van der Waals surface area contributed by atoms with Crippen molar-refractivity contribution >= 4 is 59.3 Å². The molecule has 0 heterocycles. The Labute approximate surface area is 113 Å². The van der Waals surface area contributed by atoms with Gasteiger partial charge in [0.25, 0.3) is 0 Å². The molecule has 0 spiro atoms. The summed E-state index contributed by atoms with van der Waals surface area (Å²) in [5, 5.41) is 0. The zero-order chi connectivity index (χ0) is 11.6. The fourth-order valence-electron chi connectivity index (χ4n) is 0.992. The number of methoxy groups -OCH3 is 1. The van der Waals surface area contributed by atoms with Crippen molar-refractivity contribution < 1.29 is 9.53 Å².